The van der Waals surface area contributed by atoms with Crippen molar-refractivity contribution in [3.05, 3.63) is 29.8 Å². The Morgan fingerprint density at radius 1 is 1.30 bits per heavy atom. The molecular formula is C19H28ClF2N3O2. The smallest absolute Gasteiger partial charge is 0.387 e. The Labute approximate surface area is 165 Å². The fraction of sp³-hybridized carbons (Fsp3) is 0.632. The number of ether oxygens (including phenoxy) is 1. The molecule has 5 nitrogen and oxygen atoms in total. The van der Waals surface area contributed by atoms with Crippen LogP contribution in [-0.2, 0) is 11.3 Å². The Hall–Kier alpha value is -1.44. The Morgan fingerprint density at radius 3 is 2.85 bits per heavy atom. The Morgan fingerprint density at radius 2 is 2.11 bits per heavy atom. The number of nitrogens with zero attached hydrogens (tertiary/aromatic N) is 1. The normalized spacial score (nSPS) is 23.1. The van der Waals surface area contributed by atoms with Gasteiger partial charge in [0.25, 0.3) is 0 Å². The van der Waals surface area contributed by atoms with Gasteiger partial charge in [-0.15, -0.1) is 12.4 Å². The van der Waals surface area contributed by atoms with Gasteiger partial charge in [0.2, 0.25) is 5.91 Å². The van der Waals surface area contributed by atoms with Crippen molar-refractivity contribution in [1.82, 2.24) is 15.5 Å². The molecule has 2 heterocycles. The van der Waals surface area contributed by atoms with Crippen molar-refractivity contribution < 1.29 is 18.3 Å². The number of hydrogen-bond donors (Lipinski definition) is 2. The van der Waals surface area contributed by atoms with Gasteiger partial charge in [-0.05, 0) is 50.8 Å². The molecule has 0 bridgehead atoms. The Balaban J connectivity index is 0.00000261. The van der Waals surface area contributed by atoms with Crippen molar-refractivity contribution in [3.63, 3.8) is 0 Å². The molecule has 152 valence electrons. The van der Waals surface area contributed by atoms with Crippen LogP contribution in [0.15, 0.2) is 24.3 Å². The largest absolute Gasteiger partial charge is 0.434 e. The van der Waals surface area contributed by atoms with E-state index in [1.807, 2.05) is 12.1 Å². The number of nitrogens with one attached hydrogen (secondary N) is 2. The molecule has 2 unspecified atom stereocenters. The summed E-state index contributed by atoms with van der Waals surface area (Å²) in [5.74, 6) is 0.720. The average Bonchev–Trinajstić information content (AvgIpc) is 3.16. The van der Waals surface area contributed by atoms with Gasteiger partial charge in [-0.3, -0.25) is 9.69 Å². The van der Waals surface area contributed by atoms with Crippen molar-refractivity contribution in [3.8, 4) is 5.75 Å². The lowest BCUT2D eigenvalue weighted by atomic mass is 9.97. The molecule has 2 aliphatic rings. The molecule has 27 heavy (non-hydrogen) atoms. The number of piperidine rings is 1. The minimum atomic E-state index is -2.82. The molecule has 0 spiro atoms. The van der Waals surface area contributed by atoms with E-state index in [1.165, 1.54) is 0 Å². The summed E-state index contributed by atoms with van der Waals surface area (Å²) < 4.78 is 29.8. The van der Waals surface area contributed by atoms with Crippen LogP contribution in [0.4, 0.5) is 8.78 Å². The molecule has 1 aromatic rings. The molecule has 1 amide bonds. The topological polar surface area (TPSA) is 53.6 Å². The molecule has 0 aromatic heterocycles. The Bertz CT molecular complexity index is 600. The van der Waals surface area contributed by atoms with Crippen LogP contribution in [0, 0.1) is 5.92 Å². The first-order valence-electron chi connectivity index (χ1n) is 9.38. The highest BCUT2D eigenvalue weighted by Gasteiger charge is 2.25. The number of hydrogen-bond acceptors (Lipinski definition) is 4. The molecule has 3 rings (SSSR count). The number of likely N-dealkylation sites (tertiary alicyclic amines) is 1. The van der Waals surface area contributed by atoms with Gasteiger partial charge in [0.05, 0.1) is 6.04 Å². The first kappa shape index (κ1) is 21.9. The first-order valence-corrected chi connectivity index (χ1v) is 9.38. The van der Waals surface area contributed by atoms with Crippen molar-refractivity contribution in [2.45, 2.75) is 44.9 Å². The van der Waals surface area contributed by atoms with Crippen LogP contribution >= 0.6 is 12.4 Å². The number of para-hydroxylation sites is 1. The summed E-state index contributed by atoms with van der Waals surface area (Å²) >= 11 is 0. The zero-order valence-electron chi connectivity index (χ0n) is 15.3. The minimum Gasteiger partial charge on any atom is -0.434 e. The fourth-order valence-corrected chi connectivity index (χ4v) is 3.82. The van der Waals surface area contributed by atoms with Gasteiger partial charge in [0.15, 0.2) is 0 Å². The summed E-state index contributed by atoms with van der Waals surface area (Å²) in [6, 6.07) is 6.90. The average molecular weight is 404 g/mol. The molecule has 8 heteroatoms. The second-order valence-electron chi connectivity index (χ2n) is 7.12. The van der Waals surface area contributed by atoms with E-state index in [1.54, 1.807) is 12.1 Å². The molecule has 0 saturated carbocycles. The summed E-state index contributed by atoms with van der Waals surface area (Å²) in [6.45, 7) is 1.12. The van der Waals surface area contributed by atoms with Gasteiger partial charge in [-0.1, -0.05) is 18.2 Å². The van der Waals surface area contributed by atoms with Crippen molar-refractivity contribution >= 4 is 18.3 Å². The summed E-state index contributed by atoms with van der Waals surface area (Å²) in [6.07, 6.45) is 4.07. The van der Waals surface area contributed by atoms with Crippen LogP contribution in [0.5, 0.6) is 5.75 Å². The van der Waals surface area contributed by atoms with E-state index in [2.05, 4.69) is 20.3 Å². The fourth-order valence-electron chi connectivity index (χ4n) is 3.82. The number of carbonyl (C=O) groups excluding carboxylic acids is 1. The summed E-state index contributed by atoms with van der Waals surface area (Å²) in [7, 11) is 0. The van der Waals surface area contributed by atoms with Crippen LogP contribution in [0.2, 0.25) is 0 Å². The molecule has 2 fully saturated rings. The van der Waals surface area contributed by atoms with Crippen LogP contribution in [0.25, 0.3) is 0 Å². The van der Waals surface area contributed by atoms with Gasteiger partial charge in [0, 0.05) is 25.2 Å². The first-order chi connectivity index (χ1) is 12.6. The van der Waals surface area contributed by atoms with E-state index in [-0.39, 0.29) is 30.1 Å². The molecular weight excluding hydrogens is 376 g/mol. The number of carbonyl (C=O) groups is 1. The molecule has 0 aliphatic carbocycles. The third-order valence-electron chi connectivity index (χ3n) is 5.13. The monoisotopic (exact) mass is 403 g/mol. The van der Waals surface area contributed by atoms with Crippen LogP contribution < -0.4 is 15.4 Å². The van der Waals surface area contributed by atoms with E-state index >= 15 is 0 Å². The van der Waals surface area contributed by atoms with E-state index in [9.17, 15) is 13.6 Å². The number of rotatable bonds is 7. The number of benzene rings is 1. The molecule has 2 saturated heterocycles. The third kappa shape index (κ3) is 6.59. The van der Waals surface area contributed by atoms with E-state index < -0.39 is 6.61 Å². The Kier molecular flexibility index (Phi) is 8.73. The zero-order valence-corrected chi connectivity index (χ0v) is 16.1. The minimum absolute atomic E-state index is 0. The maximum atomic E-state index is 12.6. The van der Waals surface area contributed by atoms with E-state index in [4.69, 9.17) is 0 Å². The standard InChI is InChI=1S/C19H27F2N3O2.ClH/c20-19(21)26-17-8-2-1-6-15(17)13-24-10-4-5-14(12-24)11-23-18(25)16-7-3-9-22-16;/h1-2,6,8,14,16,19,22H,3-5,7,9-13H2,(H,23,25);1H. The number of amides is 1. The highest BCUT2D eigenvalue weighted by Crippen LogP contribution is 2.24. The van der Waals surface area contributed by atoms with Gasteiger partial charge in [-0.25, -0.2) is 0 Å². The van der Waals surface area contributed by atoms with Crippen molar-refractivity contribution in [2.75, 3.05) is 26.2 Å². The van der Waals surface area contributed by atoms with Gasteiger partial charge < -0.3 is 15.4 Å². The van der Waals surface area contributed by atoms with E-state index in [0.29, 0.717) is 19.0 Å². The molecule has 2 aliphatic heterocycles. The van der Waals surface area contributed by atoms with Crippen molar-refractivity contribution in [2.24, 2.45) is 5.92 Å². The predicted octanol–water partition coefficient (Wildman–Crippen LogP) is 2.79. The maximum absolute atomic E-state index is 12.6. The highest BCUT2D eigenvalue weighted by atomic mass is 35.5. The highest BCUT2D eigenvalue weighted by molar-refractivity contribution is 5.85. The SMILES string of the molecule is Cl.O=C(NCC1CCCN(Cc2ccccc2OC(F)F)C1)C1CCCN1. The van der Waals surface area contributed by atoms with Gasteiger partial charge >= 0.3 is 6.61 Å². The van der Waals surface area contributed by atoms with Crippen LogP contribution in [-0.4, -0.2) is 49.6 Å². The second-order valence-corrected chi connectivity index (χ2v) is 7.12. The van der Waals surface area contributed by atoms with Crippen LogP contribution in [0.3, 0.4) is 0 Å². The lowest BCUT2D eigenvalue weighted by Crippen LogP contribution is -2.45. The molecule has 2 N–H and O–H groups in total. The summed E-state index contributed by atoms with van der Waals surface area (Å²) in [5.41, 5.74) is 0.771. The summed E-state index contributed by atoms with van der Waals surface area (Å²) in [4.78, 5) is 14.4. The summed E-state index contributed by atoms with van der Waals surface area (Å²) in [5, 5.41) is 6.27. The maximum Gasteiger partial charge on any atom is 0.387 e. The number of alkyl halides is 2. The molecule has 2 atom stereocenters. The lowest BCUT2D eigenvalue weighted by Gasteiger charge is -2.33. The van der Waals surface area contributed by atoms with Crippen LogP contribution in [0.1, 0.15) is 31.2 Å². The van der Waals surface area contributed by atoms with Crippen molar-refractivity contribution in [1.29, 1.82) is 0 Å². The second kappa shape index (κ2) is 10.8. The lowest BCUT2D eigenvalue weighted by molar-refractivity contribution is -0.123. The molecule has 0 radical (unpaired) electrons. The van der Waals surface area contributed by atoms with E-state index in [0.717, 1.165) is 50.9 Å². The van der Waals surface area contributed by atoms with Gasteiger partial charge in [-0.2, -0.15) is 8.78 Å². The zero-order chi connectivity index (χ0) is 18.4. The number of halogens is 3. The quantitative estimate of drug-likeness (QED) is 0.735. The third-order valence-corrected chi connectivity index (χ3v) is 5.13. The predicted molar refractivity (Wildman–Crippen MR) is 102 cm³/mol. The molecule has 1 aromatic carbocycles. The van der Waals surface area contributed by atoms with Gasteiger partial charge in [0.1, 0.15) is 5.75 Å².